The van der Waals surface area contributed by atoms with E-state index in [-0.39, 0.29) is 0 Å². The number of nitrogens with one attached hydrogen (secondary N) is 2. The molecule has 0 spiro atoms. The molecular weight excluding hydrogens is 138 g/mol. The van der Waals surface area contributed by atoms with Gasteiger partial charge in [0.25, 0.3) is 0 Å². The summed E-state index contributed by atoms with van der Waals surface area (Å²) in [5.41, 5.74) is 0.311. The SMILES string of the molecule is CC(C)(C)CNc1cnc[nH]1. The first-order chi connectivity index (χ1) is 5.08. The Morgan fingerprint density at radius 2 is 2.27 bits per heavy atom. The van der Waals surface area contributed by atoms with Crippen molar-refractivity contribution in [2.24, 2.45) is 5.41 Å². The maximum absolute atomic E-state index is 3.90. The van der Waals surface area contributed by atoms with E-state index in [9.17, 15) is 0 Å². The predicted molar refractivity (Wildman–Crippen MR) is 46.5 cm³/mol. The Labute approximate surface area is 67.2 Å². The summed E-state index contributed by atoms with van der Waals surface area (Å²) in [7, 11) is 0. The zero-order valence-corrected chi connectivity index (χ0v) is 7.31. The maximum atomic E-state index is 3.90. The summed E-state index contributed by atoms with van der Waals surface area (Å²) in [4.78, 5) is 6.89. The van der Waals surface area contributed by atoms with Gasteiger partial charge in [0.05, 0.1) is 12.5 Å². The highest BCUT2D eigenvalue weighted by Crippen LogP contribution is 2.13. The number of hydrogen-bond acceptors (Lipinski definition) is 2. The Bertz CT molecular complexity index is 196. The number of aromatic amines is 1. The molecule has 0 fully saturated rings. The van der Waals surface area contributed by atoms with E-state index in [1.165, 1.54) is 0 Å². The van der Waals surface area contributed by atoms with Crippen LogP contribution < -0.4 is 5.32 Å². The van der Waals surface area contributed by atoms with E-state index in [0.717, 1.165) is 12.4 Å². The second kappa shape index (κ2) is 2.95. The van der Waals surface area contributed by atoms with Crippen molar-refractivity contribution in [1.82, 2.24) is 9.97 Å². The second-order valence-electron chi connectivity index (χ2n) is 3.88. The van der Waals surface area contributed by atoms with Crippen LogP contribution in [0.15, 0.2) is 12.5 Å². The largest absolute Gasteiger partial charge is 0.370 e. The van der Waals surface area contributed by atoms with Crippen molar-refractivity contribution >= 4 is 5.82 Å². The van der Waals surface area contributed by atoms with Crippen molar-refractivity contribution < 1.29 is 0 Å². The molecule has 0 aliphatic carbocycles. The van der Waals surface area contributed by atoms with Gasteiger partial charge in [0.15, 0.2) is 0 Å². The lowest BCUT2D eigenvalue weighted by Gasteiger charge is -2.18. The van der Waals surface area contributed by atoms with E-state index < -0.39 is 0 Å². The molecule has 0 radical (unpaired) electrons. The van der Waals surface area contributed by atoms with Gasteiger partial charge in [-0.15, -0.1) is 0 Å². The van der Waals surface area contributed by atoms with Gasteiger partial charge in [0, 0.05) is 6.54 Å². The van der Waals surface area contributed by atoms with Crippen molar-refractivity contribution in [2.75, 3.05) is 11.9 Å². The summed E-state index contributed by atoms with van der Waals surface area (Å²) in [5, 5.41) is 3.25. The molecule has 1 aromatic heterocycles. The van der Waals surface area contributed by atoms with Gasteiger partial charge in [-0.1, -0.05) is 20.8 Å². The van der Waals surface area contributed by atoms with Gasteiger partial charge in [-0.2, -0.15) is 0 Å². The highest BCUT2D eigenvalue weighted by molar-refractivity contribution is 5.30. The number of imidazole rings is 1. The predicted octanol–water partition coefficient (Wildman–Crippen LogP) is 1.87. The molecule has 0 bridgehead atoms. The highest BCUT2D eigenvalue weighted by atomic mass is 15.0. The van der Waals surface area contributed by atoms with Crippen LogP contribution in [0.2, 0.25) is 0 Å². The summed E-state index contributed by atoms with van der Waals surface area (Å²) in [6.07, 6.45) is 3.46. The number of H-pyrrole nitrogens is 1. The molecule has 1 heterocycles. The summed E-state index contributed by atoms with van der Waals surface area (Å²) in [6, 6.07) is 0. The van der Waals surface area contributed by atoms with E-state index in [0.29, 0.717) is 5.41 Å². The molecule has 0 unspecified atom stereocenters. The van der Waals surface area contributed by atoms with Crippen molar-refractivity contribution in [3.8, 4) is 0 Å². The van der Waals surface area contributed by atoms with Crippen LogP contribution in [0.1, 0.15) is 20.8 Å². The van der Waals surface area contributed by atoms with Crippen LogP contribution in [-0.2, 0) is 0 Å². The fourth-order valence-corrected chi connectivity index (χ4v) is 0.713. The Balaban J connectivity index is 2.35. The van der Waals surface area contributed by atoms with Gasteiger partial charge in [-0.05, 0) is 5.41 Å². The Morgan fingerprint density at radius 1 is 1.55 bits per heavy atom. The van der Waals surface area contributed by atoms with Crippen LogP contribution in [-0.4, -0.2) is 16.5 Å². The molecule has 3 heteroatoms. The van der Waals surface area contributed by atoms with E-state index >= 15 is 0 Å². The molecular formula is C8H15N3. The molecule has 2 N–H and O–H groups in total. The molecule has 1 rings (SSSR count). The number of hydrogen-bond donors (Lipinski definition) is 2. The number of anilines is 1. The van der Waals surface area contributed by atoms with E-state index in [1.54, 1.807) is 12.5 Å². The van der Waals surface area contributed by atoms with Gasteiger partial charge < -0.3 is 10.3 Å². The molecule has 11 heavy (non-hydrogen) atoms. The van der Waals surface area contributed by atoms with Gasteiger partial charge in [0.1, 0.15) is 5.82 Å². The average molecular weight is 153 g/mol. The lowest BCUT2D eigenvalue weighted by atomic mass is 9.97. The molecule has 0 saturated heterocycles. The third-order valence-corrected chi connectivity index (χ3v) is 1.31. The van der Waals surface area contributed by atoms with Crippen molar-refractivity contribution in [1.29, 1.82) is 0 Å². The number of rotatable bonds is 2. The minimum Gasteiger partial charge on any atom is -0.370 e. The summed E-state index contributed by atoms with van der Waals surface area (Å²) < 4.78 is 0. The number of nitrogens with zero attached hydrogens (tertiary/aromatic N) is 1. The first kappa shape index (κ1) is 8.11. The molecule has 0 atom stereocenters. The van der Waals surface area contributed by atoms with Gasteiger partial charge >= 0.3 is 0 Å². The highest BCUT2D eigenvalue weighted by Gasteiger charge is 2.08. The first-order valence-corrected chi connectivity index (χ1v) is 3.80. The van der Waals surface area contributed by atoms with Crippen LogP contribution >= 0.6 is 0 Å². The Morgan fingerprint density at radius 3 is 2.73 bits per heavy atom. The van der Waals surface area contributed by atoms with Crippen LogP contribution in [0.25, 0.3) is 0 Å². The van der Waals surface area contributed by atoms with E-state index in [4.69, 9.17) is 0 Å². The molecule has 0 amide bonds. The average Bonchev–Trinajstić information content (AvgIpc) is 2.32. The molecule has 0 aliphatic heterocycles. The lowest BCUT2D eigenvalue weighted by molar-refractivity contribution is 0.442. The van der Waals surface area contributed by atoms with Gasteiger partial charge in [-0.3, -0.25) is 0 Å². The van der Waals surface area contributed by atoms with Crippen molar-refractivity contribution in [3.05, 3.63) is 12.5 Å². The molecule has 62 valence electrons. The summed E-state index contributed by atoms with van der Waals surface area (Å²) in [6.45, 7) is 7.53. The minimum atomic E-state index is 0.311. The minimum absolute atomic E-state index is 0.311. The topological polar surface area (TPSA) is 40.7 Å². The lowest BCUT2D eigenvalue weighted by Crippen LogP contribution is -2.19. The fourth-order valence-electron chi connectivity index (χ4n) is 0.713. The molecule has 0 aliphatic rings. The normalized spacial score (nSPS) is 11.5. The zero-order valence-electron chi connectivity index (χ0n) is 7.31. The maximum Gasteiger partial charge on any atom is 0.123 e. The molecule has 0 aromatic carbocycles. The van der Waals surface area contributed by atoms with Crippen LogP contribution in [0.4, 0.5) is 5.82 Å². The van der Waals surface area contributed by atoms with Crippen molar-refractivity contribution in [2.45, 2.75) is 20.8 Å². The third-order valence-electron chi connectivity index (χ3n) is 1.31. The standard InChI is InChI=1S/C8H15N3/c1-8(2,3)5-10-7-4-9-6-11-7/h4,6,10H,5H2,1-3H3,(H,9,11). The Hall–Kier alpha value is -0.990. The van der Waals surface area contributed by atoms with E-state index in [2.05, 4.69) is 36.1 Å². The Kier molecular flexibility index (Phi) is 2.17. The third kappa shape index (κ3) is 3.07. The fraction of sp³-hybridized carbons (Fsp3) is 0.625. The van der Waals surface area contributed by atoms with Gasteiger partial charge in [-0.25, -0.2) is 4.98 Å². The van der Waals surface area contributed by atoms with Crippen LogP contribution in [0.5, 0.6) is 0 Å². The first-order valence-electron chi connectivity index (χ1n) is 3.80. The van der Waals surface area contributed by atoms with Crippen molar-refractivity contribution in [3.63, 3.8) is 0 Å². The smallest absolute Gasteiger partial charge is 0.123 e. The molecule has 3 nitrogen and oxygen atoms in total. The van der Waals surface area contributed by atoms with Gasteiger partial charge in [0.2, 0.25) is 0 Å². The quantitative estimate of drug-likeness (QED) is 0.681. The van der Waals surface area contributed by atoms with E-state index in [1.807, 2.05) is 0 Å². The molecule has 1 aromatic rings. The summed E-state index contributed by atoms with van der Waals surface area (Å²) in [5.74, 6) is 0.986. The molecule has 0 saturated carbocycles. The second-order valence-corrected chi connectivity index (χ2v) is 3.88. The zero-order chi connectivity index (χ0) is 8.32. The van der Waals surface area contributed by atoms with Crippen LogP contribution in [0.3, 0.4) is 0 Å². The summed E-state index contributed by atoms with van der Waals surface area (Å²) >= 11 is 0. The monoisotopic (exact) mass is 153 g/mol. The van der Waals surface area contributed by atoms with Crippen LogP contribution in [0, 0.1) is 5.41 Å². The number of aromatic nitrogens is 2.